The number of anilines is 4. The summed E-state index contributed by atoms with van der Waals surface area (Å²) in [4.78, 5) is 14.0. The van der Waals surface area contributed by atoms with Gasteiger partial charge in [0.15, 0.2) is 0 Å². The van der Waals surface area contributed by atoms with E-state index >= 15 is 0 Å². The molecule has 0 N–H and O–H groups in total. The molecule has 0 radical (unpaired) electrons. The number of aromatic nitrogens is 3. The van der Waals surface area contributed by atoms with E-state index in [4.69, 9.17) is 14.7 Å². The molecule has 276 valence electrons. The number of aryl methyl sites for hydroxylation is 3. The van der Waals surface area contributed by atoms with Crippen LogP contribution < -0.4 is 14.5 Å². The molecule has 7 heteroatoms. The summed E-state index contributed by atoms with van der Waals surface area (Å²) in [7, 11) is 0. The smallest absolute Gasteiger partial charge is 0.135 e. The number of fused-ring (bicyclic) bond motifs is 4. The van der Waals surface area contributed by atoms with Gasteiger partial charge in [-0.15, -0.1) is 48.1 Å². The molecule has 0 unspecified atom stereocenters. The van der Waals surface area contributed by atoms with Crippen molar-refractivity contribution in [1.82, 2.24) is 14.5 Å². The summed E-state index contributed by atoms with van der Waals surface area (Å²) < 4.78 is 8.70. The third kappa shape index (κ3) is 6.59. The Morgan fingerprint density at radius 3 is 2.13 bits per heavy atom. The minimum absolute atomic E-state index is 0. The summed E-state index contributed by atoms with van der Waals surface area (Å²) >= 11 is 0. The van der Waals surface area contributed by atoms with Crippen LogP contribution in [0.2, 0.25) is 0 Å². The molecule has 5 aromatic carbocycles. The van der Waals surface area contributed by atoms with Crippen molar-refractivity contribution in [3.63, 3.8) is 0 Å². The van der Waals surface area contributed by atoms with E-state index in [2.05, 4.69) is 166 Å². The van der Waals surface area contributed by atoms with E-state index < -0.39 is 0 Å². The largest absolute Gasteiger partial charge is 0.509 e. The van der Waals surface area contributed by atoms with Crippen LogP contribution in [0.4, 0.5) is 22.9 Å². The van der Waals surface area contributed by atoms with Gasteiger partial charge in [0.05, 0.1) is 0 Å². The van der Waals surface area contributed by atoms with Gasteiger partial charge in [-0.05, 0) is 96.3 Å². The molecule has 0 fully saturated rings. The van der Waals surface area contributed by atoms with E-state index in [1.54, 1.807) is 0 Å². The molecule has 55 heavy (non-hydrogen) atoms. The number of hydrogen-bond acceptors (Lipinski definition) is 5. The Kier molecular flexibility index (Phi) is 9.35. The van der Waals surface area contributed by atoms with Crippen LogP contribution in [0.25, 0.3) is 38.8 Å². The molecule has 0 bridgehead atoms. The summed E-state index contributed by atoms with van der Waals surface area (Å²) in [6.45, 7) is 15.2. The third-order valence-corrected chi connectivity index (χ3v) is 10.2. The van der Waals surface area contributed by atoms with E-state index in [0.29, 0.717) is 11.5 Å². The van der Waals surface area contributed by atoms with Crippen molar-refractivity contribution < 1.29 is 25.8 Å². The van der Waals surface area contributed by atoms with Gasteiger partial charge in [0.2, 0.25) is 0 Å². The first-order chi connectivity index (χ1) is 26.1. The second-order valence-corrected chi connectivity index (χ2v) is 15.1. The first kappa shape index (κ1) is 36.3. The Bertz CT molecular complexity index is 2690. The summed E-state index contributed by atoms with van der Waals surface area (Å²) in [6.07, 6.45) is 3.87. The quantitative estimate of drug-likeness (QED) is 0.156. The zero-order chi connectivity index (χ0) is 37.1. The second-order valence-electron chi connectivity index (χ2n) is 15.1. The maximum absolute atomic E-state index is 6.52. The van der Waals surface area contributed by atoms with Crippen molar-refractivity contribution in [3.8, 4) is 28.4 Å². The number of benzene rings is 5. The van der Waals surface area contributed by atoms with Crippen LogP contribution in [-0.2, 0) is 26.5 Å². The normalized spacial score (nSPS) is 12.6. The fourth-order valence-electron chi connectivity index (χ4n) is 7.73. The van der Waals surface area contributed by atoms with Crippen LogP contribution in [0.3, 0.4) is 0 Å². The van der Waals surface area contributed by atoms with Crippen molar-refractivity contribution in [2.45, 2.75) is 47.0 Å². The Morgan fingerprint density at radius 2 is 1.38 bits per heavy atom. The molecule has 0 saturated heterocycles. The van der Waals surface area contributed by atoms with E-state index in [1.807, 2.05) is 36.7 Å². The summed E-state index contributed by atoms with van der Waals surface area (Å²) in [5.74, 6) is 2.88. The Balaban J connectivity index is 0.00000427. The van der Waals surface area contributed by atoms with Gasteiger partial charge in [0.25, 0.3) is 0 Å². The maximum Gasteiger partial charge on any atom is 0.135 e. The van der Waals surface area contributed by atoms with Gasteiger partial charge in [0.1, 0.15) is 11.6 Å². The molecule has 9 rings (SSSR count). The molecule has 0 saturated carbocycles. The van der Waals surface area contributed by atoms with Crippen LogP contribution in [0.5, 0.6) is 11.5 Å². The van der Waals surface area contributed by atoms with Gasteiger partial charge in [-0.3, -0.25) is 0 Å². The molecule has 6 nitrogen and oxygen atoms in total. The maximum atomic E-state index is 6.52. The predicted molar refractivity (Wildman–Crippen MR) is 220 cm³/mol. The van der Waals surface area contributed by atoms with Crippen molar-refractivity contribution >= 4 is 44.7 Å². The zero-order valence-electron chi connectivity index (χ0n) is 31.7. The fraction of sp³-hybridized carbons (Fsp3) is 0.146. The summed E-state index contributed by atoms with van der Waals surface area (Å²) in [5, 5.41) is 2.23. The molecule has 3 aromatic heterocycles. The molecule has 0 atom stereocenters. The van der Waals surface area contributed by atoms with Gasteiger partial charge in [0, 0.05) is 67.4 Å². The van der Waals surface area contributed by atoms with Gasteiger partial charge < -0.3 is 19.1 Å². The number of ether oxygens (including phenoxy) is 1. The third-order valence-electron chi connectivity index (χ3n) is 10.2. The van der Waals surface area contributed by atoms with Crippen molar-refractivity contribution in [2.75, 3.05) is 9.80 Å². The monoisotopic (exact) mass is 897 g/mol. The first-order valence-corrected chi connectivity index (χ1v) is 18.3. The number of rotatable bonds is 6. The Labute approximate surface area is 337 Å². The van der Waals surface area contributed by atoms with Gasteiger partial charge in [-0.25, -0.2) is 9.97 Å². The summed E-state index contributed by atoms with van der Waals surface area (Å²) in [5.41, 5.74) is 12.2. The van der Waals surface area contributed by atoms with E-state index in [0.717, 1.165) is 56.1 Å². The molecular weight excluding hydrogens is 858 g/mol. The molecule has 0 aliphatic carbocycles. The minimum Gasteiger partial charge on any atom is -0.509 e. The molecule has 0 amide bonds. The number of para-hydroxylation sites is 3. The fourth-order valence-corrected chi connectivity index (χ4v) is 7.73. The molecule has 8 aromatic rings. The van der Waals surface area contributed by atoms with E-state index in [-0.39, 0.29) is 26.5 Å². The molecule has 4 heterocycles. The van der Waals surface area contributed by atoms with Crippen molar-refractivity contribution in [1.29, 1.82) is 0 Å². The van der Waals surface area contributed by atoms with Gasteiger partial charge >= 0.3 is 0 Å². The number of hydrogen-bond donors (Lipinski definition) is 0. The summed E-state index contributed by atoms with van der Waals surface area (Å²) in [6, 6.07) is 46.9. The van der Waals surface area contributed by atoms with Crippen LogP contribution >= 0.6 is 0 Å². The van der Waals surface area contributed by atoms with Crippen LogP contribution in [0.15, 0.2) is 128 Å². The first-order valence-electron chi connectivity index (χ1n) is 18.3. The molecule has 1 aliphatic heterocycles. The molecule has 1 aliphatic rings. The zero-order valence-corrected chi connectivity index (χ0v) is 33.9. The van der Waals surface area contributed by atoms with Gasteiger partial charge in [-0.1, -0.05) is 74.3 Å². The molecular formula is C48H40N5OPt-3. The van der Waals surface area contributed by atoms with Crippen LogP contribution in [0.1, 0.15) is 43.0 Å². The van der Waals surface area contributed by atoms with Crippen LogP contribution in [0, 0.1) is 39.6 Å². The number of pyridine rings is 2. The second kappa shape index (κ2) is 14.2. The Hall–Kier alpha value is -5.71. The van der Waals surface area contributed by atoms with Crippen LogP contribution in [-0.4, -0.2) is 14.5 Å². The predicted octanol–water partition coefficient (Wildman–Crippen LogP) is 12.3. The van der Waals surface area contributed by atoms with Crippen molar-refractivity contribution in [2.24, 2.45) is 0 Å². The average molecular weight is 898 g/mol. The SMILES string of the molecule is Cc1cc(C)c(-c2ccc(N3[CH-]N(c4[c-]c(Oc5[c-]c6c(cc5)c5ccccc5n6-c5cc(C(C)(C)C)ccn5)ccc4)c4ccccc43)nc2)c(C)c1.[Pt]. The van der Waals surface area contributed by atoms with Crippen molar-refractivity contribution in [3.05, 3.63) is 169 Å². The molecule has 0 spiro atoms. The average Bonchev–Trinajstić information content (AvgIpc) is 3.71. The Morgan fingerprint density at radius 1 is 0.655 bits per heavy atom. The topological polar surface area (TPSA) is 46.4 Å². The standard InChI is InChI=1S/C48H40N5O.Pt/c1-31-24-32(2)47(33(3)25-31)34-18-21-45(50-29-34)52-30-51(42-16-9-10-17-43(42)52)36-12-11-13-37(27-36)54-38-19-20-40-39-14-7-8-15-41(39)53(44(40)28-38)46-26-35(22-23-49-46)48(4,5)6;/h7-26,29-30H,1-6H3;/q-3;. The van der Waals surface area contributed by atoms with E-state index in [9.17, 15) is 0 Å². The minimum atomic E-state index is -0.0131. The van der Waals surface area contributed by atoms with E-state index in [1.165, 1.54) is 27.8 Å². The number of nitrogens with zero attached hydrogens (tertiary/aromatic N) is 5. The van der Waals surface area contributed by atoms with Gasteiger partial charge in [-0.2, -0.15) is 12.1 Å².